The zero-order chi connectivity index (χ0) is 106. The Kier molecular flexibility index (Phi) is 40.3. The van der Waals surface area contributed by atoms with Crippen molar-refractivity contribution in [2.24, 2.45) is 0 Å². The molecule has 0 saturated carbocycles. The summed E-state index contributed by atoms with van der Waals surface area (Å²) in [6.45, 7) is 36.5. The predicted octanol–water partition coefficient (Wildman–Crippen LogP) is 26.0. The molecule has 0 saturated heterocycles. The largest absolute Gasteiger partial charge is 0.497 e. The van der Waals surface area contributed by atoms with E-state index >= 15 is 0 Å². The maximum absolute atomic E-state index is 11.8. The molecule has 15 aromatic rings. The highest BCUT2D eigenvalue weighted by atomic mass is 35.5. The number of hydrogen-bond acceptors (Lipinski definition) is 19. The summed E-state index contributed by atoms with van der Waals surface area (Å²) in [5.74, 6) is 2.71. The number of Topliss-reactive ketones (excluding diaryl/α,β-unsaturated/α-hetero) is 5. The van der Waals surface area contributed by atoms with Gasteiger partial charge in [0.2, 0.25) is 0 Å². The summed E-state index contributed by atoms with van der Waals surface area (Å²) in [7, 11) is 6.64. The molecule has 15 rings (SSSR count). The first-order chi connectivity index (χ1) is 69.5. The lowest BCUT2D eigenvalue weighted by molar-refractivity contribution is -0.140. The fourth-order valence-corrected chi connectivity index (χ4v) is 15.4. The number of methoxy groups -OCH3 is 4. The maximum atomic E-state index is 11.8. The quantitative estimate of drug-likeness (QED) is 0.0345. The lowest BCUT2D eigenvalue weighted by atomic mass is 9.99. The highest BCUT2D eigenvalue weighted by molar-refractivity contribution is 6.32. The molecule has 0 atom stereocenters. The SMILES string of the molecule is CC(=O)C(C)(C)OCc1cc(-c2cccc(C(C)C)c2)n(Cc2ccccc2Cl)n1.COCc1cccc(-c2cc(COC(C)(C)C(C)=O)nn2Cc2ccccc2Cl)c1.COc1cccc(-c2c(C)c(COC(C)(C)C(C)=O)nn2Cc2ccccc2Cl)c1.COc1cccc(-c2cc(COC(C)(C)C(C)=O)nn2Cc2ccccc2)c1.COc1cccc(-c2cc(COC(C)(C)C(C)=O)nn2Cc2ccccc2)c1. The van der Waals surface area contributed by atoms with Gasteiger partial charge in [0.05, 0.1) is 151 Å². The van der Waals surface area contributed by atoms with Crippen LogP contribution in [0.3, 0.4) is 0 Å². The van der Waals surface area contributed by atoms with E-state index in [4.69, 9.17) is 103 Å². The zero-order valence-corrected chi connectivity index (χ0v) is 90.0. The fourth-order valence-electron chi connectivity index (χ4n) is 14.8. The Balaban J connectivity index is 0.000000174. The number of nitrogens with zero attached hydrogens (tertiary/aromatic N) is 10. The van der Waals surface area contributed by atoms with Crippen molar-refractivity contribution in [3.8, 4) is 73.5 Å². The Morgan fingerprint density at radius 1 is 0.295 bits per heavy atom. The Hall–Kier alpha value is -13.4. The van der Waals surface area contributed by atoms with Crippen molar-refractivity contribution >= 4 is 63.7 Å². The average molecular weight is 2040 g/mol. The lowest BCUT2D eigenvalue weighted by Gasteiger charge is -2.21. The Morgan fingerprint density at radius 3 is 0.904 bits per heavy atom. The number of ketones is 5. The molecule has 0 aliphatic rings. The minimum absolute atomic E-state index is 0.00997. The van der Waals surface area contributed by atoms with Crippen molar-refractivity contribution in [1.82, 2.24) is 48.9 Å². The maximum Gasteiger partial charge on any atom is 0.161 e. The summed E-state index contributed by atoms with van der Waals surface area (Å²) in [4.78, 5) is 58.9. The van der Waals surface area contributed by atoms with Crippen molar-refractivity contribution in [1.29, 1.82) is 0 Å². The van der Waals surface area contributed by atoms with Gasteiger partial charge in [-0.25, -0.2) is 0 Å². The normalized spacial score (nSPS) is 11.6. The second kappa shape index (κ2) is 52.1. The number of carbonyl (C=O) groups is 5. The van der Waals surface area contributed by atoms with E-state index in [-0.39, 0.29) is 62.0 Å². The summed E-state index contributed by atoms with van der Waals surface area (Å²) < 4.78 is 60.4. The minimum Gasteiger partial charge on any atom is -0.497 e. The molecule has 0 radical (unpaired) electrons. The summed E-state index contributed by atoms with van der Waals surface area (Å²) in [5.41, 5.74) is 18.3. The average Bonchev–Trinajstić information content (AvgIpc) is 1.62. The van der Waals surface area contributed by atoms with Gasteiger partial charge in [0.15, 0.2) is 28.9 Å². The molecule has 0 amide bonds. The summed E-state index contributed by atoms with van der Waals surface area (Å²) in [6.07, 6.45) is 0. The Bertz CT molecular complexity index is 6750. The molecule has 5 heterocycles. The standard InChI is InChI=1S/C25H29ClN2O2.2C24H27ClN2O3.2C23H26N2O3/c1-17(2)19-10-8-11-20(13-19)24-14-22(16-30-25(4,5)18(3)29)27-28(24)15-21-9-6-7-12-23(21)26;1-16-22(15-30-24(3,4)17(2)28)26-27(14-19-9-6-7-12-21(19)25)23(16)18-10-8-11-20(13-18)29-5;1-17(28)24(2,3)30-16-21-13-23(19-10-7-8-18(12-19)15-29-4)27(26-21)14-20-9-5-6-11-22(20)25;2*1-17(26)23(2,3)28-16-20-14-22(19-11-8-12-21(13-19)27-4)25(24-20)15-18-9-6-5-7-10-18/h6-14,17H,15-16H2,1-5H3;6-13H,14-15H2,1-5H3;5-13H,14-16H2,1-4H3;2*5-14H,15-16H2,1-4H3. The van der Waals surface area contributed by atoms with E-state index in [2.05, 4.69) is 68.4 Å². The smallest absolute Gasteiger partial charge is 0.161 e. The van der Waals surface area contributed by atoms with E-state index in [1.807, 2.05) is 255 Å². The third-order valence-corrected chi connectivity index (χ3v) is 26.5. The van der Waals surface area contributed by atoms with Gasteiger partial charge in [-0.15, -0.1) is 0 Å². The van der Waals surface area contributed by atoms with Gasteiger partial charge in [-0.05, 0) is 247 Å². The van der Waals surface area contributed by atoms with Gasteiger partial charge in [0, 0.05) is 55.6 Å². The number of benzene rings is 10. The molecule has 0 fully saturated rings. The van der Waals surface area contributed by atoms with Gasteiger partial charge < -0.3 is 42.6 Å². The molecule has 0 bridgehead atoms. The molecule has 146 heavy (non-hydrogen) atoms. The van der Waals surface area contributed by atoms with E-state index in [0.717, 1.165) is 141 Å². The third-order valence-electron chi connectivity index (χ3n) is 25.4. The van der Waals surface area contributed by atoms with Crippen LogP contribution in [-0.4, -0.2) is 134 Å². The fraction of sp³-hybridized carbons (Fsp3) is 0.328. The molecule has 5 aromatic heterocycles. The number of carbonyl (C=O) groups excluding carboxylic acids is 5. The number of rotatable bonds is 41. The predicted molar refractivity (Wildman–Crippen MR) is 578 cm³/mol. The van der Waals surface area contributed by atoms with E-state index < -0.39 is 28.0 Å². The van der Waals surface area contributed by atoms with Crippen molar-refractivity contribution < 1.29 is 66.6 Å². The number of halogens is 3. The minimum atomic E-state index is -0.866. The Labute approximate surface area is 873 Å². The van der Waals surface area contributed by atoms with Crippen LogP contribution < -0.4 is 14.2 Å². The molecule has 0 aliphatic heterocycles. The second-order valence-electron chi connectivity index (χ2n) is 38.4. The number of hydrogen-bond donors (Lipinski definition) is 0. The molecule has 27 heteroatoms. The summed E-state index contributed by atoms with van der Waals surface area (Å²) in [6, 6.07) is 92.0. The van der Waals surface area contributed by atoms with Crippen LogP contribution in [0.4, 0.5) is 0 Å². The number of ether oxygens (including phenoxy) is 9. The first-order valence-electron chi connectivity index (χ1n) is 48.5. The van der Waals surface area contributed by atoms with Crippen LogP contribution >= 0.6 is 34.8 Å². The lowest BCUT2D eigenvalue weighted by Crippen LogP contribution is -2.32. The van der Waals surface area contributed by atoms with Gasteiger partial charge in [0.1, 0.15) is 45.3 Å². The van der Waals surface area contributed by atoms with E-state index in [1.54, 1.807) is 105 Å². The van der Waals surface area contributed by atoms with Crippen molar-refractivity contribution in [2.75, 3.05) is 28.4 Å². The van der Waals surface area contributed by atoms with Crippen LogP contribution in [0.15, 0.2) is 279 Å². The van der Waals surface area contributed by atoms with Crippen LogP contribution in [0, 0.1) is 6.92 Å². The van der Waals surface area contributed by atoms with E-state index in [9.17, 15) is 24.0 Å². The summed E-state index contributed by atoms with van der Waals surface area (Å²) >= 11 is 19.2. The van der Waals surface area contributed by atoms with Crippen LogP contribution in [0.2, 0.25) is 15.1 Å². The molecular formula is C119H135Cl3N10O14. The van der Waals surface area contributed by atoms with Gasteiger partial charge >= 0.3 is 0 Å². The van der Waals surface area contributed by atoms with Gasteiger partial charge in [-0.1, -0.05) is 237 Å². The third kappa shape index (κ3) is 31.8. The van der Waals surface area contributed by atoms with Crippen molar-refractivity contribution in [3.05, 3.63) is 367 Å². The molecule has 0 aliphatic carbocycles. The van der Waals surface area contributed by atoms with Gasteiger partial charge in [-0.2, -0.15) is 25.5 Å². The Morgan fingerprint density at radius 2 is 0.575 bits per heavy atom. The molecule has 0 unspecified atom stereocenters. The van der Waals surface area contributed by atoms with Crippen LogP contribution in [0.1, 0.15) is 197 Å². The second-order valence-corrected chi connectivity index (χ2v) is 39.6. The molecular weight excluding hydrogens is 1900 g/mol. The highest BCUT2D eigenvalue weighted by Gasteiger charge is 2.32. The topological polar surface area (TPSA) is 258 Å². The molecule has 766 valence electrons. The van der Waals surface area contributed by atoms with E-state index in [1.165, 1.54) is 33.3 Å². The zero-order valence-electron chi connectivity index (χ0n) is 87.7. The van der Waals surface area contributed by atoms with Crippen LogP contribution in [-0.2, 0) is 125 Å². The van der Waals surface area contributed by atoms with Gasteiger partial charge in [0.25, 0.3) is 0 Å². The molecule has 0 N–H and O–H groups in total. The first kappa shape index (κ1) is 113. The van der Waals surface area contributed by atoms with Crippen LogP contribution in [0.25, 0.3) is 56.3 Å². The number of aromatic nitrogens is 10. The molecule has 24 nitrogen and oxygen atoms in total. The molecule has 0 spiro atoms. The first-order valence-corrected chi connectivity index (χ1v) is 49.6. The monoisotopic (exact) mass is 2030 g/mol. The summed E-state index contributed by atoms with van der Waals surface area (Å²) in [5, 5.41) is 25.9. The molecule has 10 aromatic carbocycles. The highest BCUT2D eigenvalue weighted by Crippen LogP contribution is 2.37. The van der Waals surface area contributed by atoms with Crippen molar-refractivity contribution in [3.63, 3.8) is 0 Å². The van der Waals surface area contributed by atoms with Crippen LogP contribution in [0.5, 0.6) is 17.2 Å². The van der Waals surface area contributed by atoms with Crippen molar-refractivity contribution in [2.45, 2.75) is 231 Å². The van der Waals surface area contributed by atoms with E-state index in [0.29, 0.717) is 60.3 Å². The van der Waals surface area contributed by atoms with Gasteiger partial charge in [-0.3, -0.25) is 47.4 Å².